The molecule has 0 saturated heterocycles. The third-order valence-electron chi connectivity index (χ3n) is 2.97. The smallest absolute Gasteiger partial charge is 0.255 e. The van der Waals surface area contributed by atoms with E-state index in [-0.39, 0.29) is 17.2 Å². The highest BCUT2D eigenvalue weighted by molar-refractivity contribution is 9.09. The van der Waals surface area contributed by atoms with Gasteiger partial charge in [0.15, 0.2) is 0 Å². The number of carbonyl (C=O) groups excluding carboxylic acids is 1. The minimum atomic E-state index is -0.259. The van der Waals surface area contributed by atoms with E-state index in [1.165, 1.54) is 12.1 Å². The lowest BCUT2D eigenvalue weighted by Gasteiger charge is -2.16. The molecule has 0 spiro atoms. The summed E-state index contributed by atoms with van der Waals surface area (Å²) in [6, 6.07) is 4.50. The number of hydrogen-bond donors (Lipinski definition) is 2. The van der Waals surface area contributed by atoms with Gasteiger partial charge in [-0.15, -0.1) is 0 Å². The normalized spacial score (nSPS) is 12.2. The largest absolute Gasteiger partial charge is 0.507 e. The summed E-state index contributed by atoms with van der Waals surface area (Å²) in [5.74, 6) is 0.116. The van der Waals surface area contributed by atoms with Crippen LogP contribution in [0.2, 0.25) is 5.02 Å². The Kier molecular flexibility index (Phi) is 7.24. The molecule has 2 N–H and O–H groups in total. The number of aromatic hydroxyl groups is 1. The number of hydrogen-bond acceptors (Lipinski definition) is 2. The van der Waals surface area contributed by atoms with E-state index in [4.69, 9.17) is 11.6 Å². The molecule has 0 fully saturated rings. The maximum atomic E-state index is 12.0. The van der Waals surface area contributed by atoms with Gasteiger partial charge in [0.05, 0.1) is 5.56 Å². The lowest BCUT2D eigenvalue weighted by molar-refractivity contribution is 0.0943. The number of alkyl halides is 1. The van der Waals surface area contributed by atoms with Crippen molar-refractivity contribution in [1.29, 1.82) is 0 Å². The molecule has 0 saturated carbocycles. The number of benzene rings is 1. The van der Waals surface area contributed by atoms with Crippen molar-refractivity contribution in [1.82, 2.24) is 5.32 Å². The van der Waals surface area contributed by atoms with Crippen LogP contribution in [0.3, 0.4) is 0 Å². The summed E-state index contributed by atoms with van der Waals surface area (Å²) in [6.45, 7) is 2.76. The Bertz CT molecular complexity index is 420. The summed E-state index contributed by atoms with van der Waals surface area (Å²) in [5.41, 5.74) is 0.262. The number of phenols is 1. The average molecular weight is 349 g/mol. The second kappa shape index (κ2) is 8.43. The molecule has 0 heterocycles. The van der Waals surface area contributed by atoms with Crippen LogP contribution in [-0.4, -0.2) is 22.9 Å². The molecule has 1 unspecified atom stereocenters. The SMILES string of the molecule is CCCC(CCBr)CNC(=O)c1ccc(Cl)cc1O. The van der Waals surface area contributed by atoms with Gasteiger partial charge in [0.2, 0.25) is 0 Å². The van der Waals surface area contributed by atoms with Crippen molar-refractivity contribution in [2.45, 2.75) is 26.2 Å². The maximum Gasteiger partial charge on any atom is 0.255 e. The molecule has 3 nitrogen and oxygen atoms in total. The second-order valence-electron chi connectivity index (χ2n) is 4.50. The zero-order chi connectivity index (χ0) is 14.3. The van der Waals surface area contributed by atoms with E-state index in [1.54, 1.807) is 6.07 Å². The Morgan fingerprint density at radius 2 is 2.21 bits per heavy atom. The minimum absolute atomic E-state index is 0.0856. The molecule has 1 aromatic carbocycles. The molecule has 0 aliphatic carbocycles. The van der Waals surface area contributed by atoms with E-state index in [0.717, 1.165) is 24.6 Å². The number of nitrogens with one attached hydrogen (secondary N) is 1. The number of rotatable bonds is 7. The number of phenolic OH excluding ortho intramolecular Hbond substituents is 1. The van der Waals surface area contributed by atoms with Crippen LogP contribution in [0, 0.1) is 5.92 Å². The Morgan fingerprint density at radius 1 is 1.47 bits per heavy atom. The molecule has 1 amide bonds. The van der Waals surface area contributed by atoms with Crippen LogP contribution >= 0.6 is 27.5 Å². The number of halogens is 2. The van der Waals surface area contributed by atoms with Gasteiger partial charge in [0.25, 0.3) is 5.91 Å². The highest BCUT2D eigenvalue weighted by Crippen LogP contribution is 2.22. The topological polar surface area (TPSA) is 49.3 Å². The number of carbonyl (C=O) groups is 1. The fraction of sp³-hybridized carbons (Fsp3) is 0.500. The first-order chi connectivity index (χ1) is 9.08. The fourth-order valence-electron chi connectivity index (χ4n) is 1.94. The van der Waals surface area contributed by atoms with E-state index in [1.807, 2.05) is 0 Å². The highest BCUT2D eigenvalue weighted by atomic mass is 79.9. The van der Waals surface area contributed by atoms with Crippen LogP contribution in [-0.2, 0) is 0 Å². The summed E-state index contributed by atoms with van der Waals surface area (Å²) in [7, 11) is 0. The van der Waals surface area contributed by atoms with Crippen LogP contribution in [0.25, 0.3) is 0 Å². The van der Waals surface area contributed by atoms with Crippen molar-refractivity contribution in [3.63, 3.8) is 0 Å². The van der Waals surface area contributed by atoms with Gasteiger partial charge in [0, 0.05) is 16.9 Å². The lowest BCUT2D eigenvalue weighted by atomic mass is 10.0. The van der Waals surface area contributed by atoms with Gasteiger partial charge in [0.1, 0.15) is 5.75 Å². The Balaban J connectivity index is 2.58. The monoisotopic (exact) mass is 347 g/mol. The first kappa shape index (κ1) is 16.3. The summed E-state index contributed by atoms with van der Waals surface area (Å²) in [4.78, 5) is 12.0. The van der Waals surface area contributed by atoms with Gasteiger partial charge in [-0.25, -0.2) is 0 Å². The Hall–Kier alpha value is -0.740. The van der Waals surface area contributed by atoms with Gasteiger partial charge >= 0.3 is 0 Å². The molecule has 1 aromatic rings. The van der Waals surface area contributed by atoms with Crippen molar-refractivity contribution in [2.24, 2.45) is 5.92 Å². The van der Waals surface area contributed by atoms with Gasteiger partial charge < -0.3 is 10.4 Å². The van der Waals surface area contributed by atoms with Gasteiger partial charge in [-0.05, 0) is 37.0 Å². The zero-order valence-electron chi connectivity index (χ0n) is 11.0. The van der Waals surface area contributed by atoms with E-state index >= 15 is 0 Å². The van der Waals surface area contributed by atoms with Crippen molar-refractivity contribution in [3.8, 4) is 5.75 Å². The summed E-state index contributed by atoms with van der Waals surface area (Å²) < 4.78 is 0. The minimum Gasteiger partial charge on any atom is -0.507 e. The van der Waals surface area contributed by atoms with Crippen molar-refractivity contribution in [3.05, 3.63) is 28.8 Å². The van der Waals surface area contributed by atoms with Gasteiger partial charge in [-0.3, -0.25) is 4.79 Å². The van der Waals surface area contributed by atoms with Crippen LogP contribution < -0.4 is 5.32 Å². The average Bonchev–Trinajstić information content (AvgIpc) is 2.36. The van der Waals surface area contributed by atoms with Gasteiger partial charge in [-0.1, -0.05) is 40.9 Å². The molecule has 1 rings (SSSR count). The van der Waals surface area contributed by atoms with Crippen molar-refractivity contribution < 1.29 is 9.90 Å². The predicted octanol–water partition coefficient (Wildman–Crippen LogP) is 3.98. The number of amides is 1. The molecule has 0 aliphatic heterocycles. The molecule has 0 aromatic heterocycles. The van der Waals surface area contributed by atoms with Crippen LogP contribution in [0.4, 0.5) is 0 Å². The standard InChI is InChI=1S/C14H19BrClNO2/c1-2-3-10(6-7-15)9-17-14(19)12-5-4-11(16)8-13(12)18/h4-5,8,10,18H,2-3,6-7,9H2,1H3,(H,17,19). The molecule has 0 radical (unpaired) electrons. The highest BCUT2D eigenvalue weighted by Gasteiger charge is 2.13. The third kappa shape index (κ3) is 5.41. The molecule has 0 bridgehead atoms. The van der Waals surface area contributed by atoms with Crippen molar-refractivity contribution in [2.75, 3.05) is 11.9 Å². The third-order valence-corrected chi connectivity index (χ3v) is 3.66. The lowest BCUT2D eigenvalue weighted by Crippen LogP contribution is -2.29. The first-order valence-corrected chi connectivity index (χ1v) is 7.91. The molecule has 1 atom stereocenters. The quantitative estimate of drug-likeness (QED) is 0.732. The molecule has 5 heteroatoms. The summed E-state index contributed by atoms with van der Waals surface area (Å²) in [6.07, 6.45) is 3.21. The summed E-state index contributed by atoms with van der Waals surface area (Å²) >= 11 is 9.16. The van der Waals surface area contributed by atoms with Gasteiger partial charge in [-0.2, -0.15) is 0 Å². The molecule has 19 heavy (non-hydrogen) atoms. The Labute approximate surface area is 127 Å². The first-order valence-electron chi connectivity index (χ1n) is 6.41. The van der Waals surface area contributed by atoms with Crippen LogP contribution in [0.5, 0.6) is 5.75 Å². The zero-order valence-corrected chi connectivity index (χ0v) is 13.3. The fourth-order valence-corrected chi connectivity index (χ4v) is 2.75. The van der Waals surface area contributed by atoms with Crippen molar-refractivity contribution >= 4 is 33.4 Å². The molecule has 0 aliphatic rings. The molecular formula is C14H19BrClNO2. The predicted molar refractivity (Wildman–Crippen MR) is 82.3 cm³/mol. The van der Waals surface area contributed by atoms with Crippen LogP contribution in [0.15, 0.2) is 18.2 Å². The second-order valence-corrected chi connectivity index (χ2v) is 5.73. The summed E-state index contributed by atoms with van der Waals surface area (Å²) in [5, 5.41) is 13.9. The molecule has 106 valence electrons. The maximum absolute atomic E-state index is 12.0. The van der Waals surface area contributed by atoms with E-state index in [9.17, 15) is 9.90 Å². The Morgan fingerprint density at radius 3 is 2.79 bits per heavy atom. The van der Waals surface area contributed by atoms with E-state index < -0.39 is 0 Å². The van der Waals surface area contributed by atoms with E-state index in [2.05, 4.69) is 28.2 Å². The van der Waals surface area contributed by atoms with Crippen LogP contribution in [0.1, 0.15) is 36.5 Å². The van der Waals surface area contributed by atoms with E-state index in [0.29, 0.717) is 17.5 Å². The molecular weight excluding hydrogens is 330 g/mol.